The highest BCUT2D eigenvalue weighted by Crippen LogP contribution is 2.23. The van der Waals surface area contributed by atoms with Gasteiger partial charge in [-0.1, -0.05) is 0 Å². The van der Waals surface area contributed by atoms with Crippen LogP contribution in [0.1, 0.15) is 20.8 Å². The molecule has 0 atom stereocenters. The summed E-state index contributed by atoms with van der Waals surface area (Å²) in [4.78, 5) is 11.7. The summed E-state index contributed by atoms with van der Waals surface area (Å²) in [7, 11) is 0. The molecular weight excluding hydrogens is 230 g/mol. The van der Waals surface area contributed by atoms with Crippen LogP contribution in [0.15, 0.2) is 34.2 Å². The van der Waals surface area contributed by atoms with E-state index in [9.17, 15) is 4.79 Å². The minimum Gasteiger partial charge on any atom is -0.462 e. The second kappa shape index (κ2) is 5.70. The lowest BCUT2D eigenvalue weighted by Crippen LogP contribution is -2.22. The lowest BCUT2D eigenvalue weighted by molar-refractivity contribution is -0.138. The molecule has 1 heterocycles. The lowest BCUT2D eigenvalue weighted by atomic mass is 9.99. The third-order valence-corrected chi connectivity index (χ3v) is 2.35. The van der Waals surface area contributed by atoms with Crippen LogP contribution in [0, 0.1) is 22.7 Å². The van der Waals surface area contributed by atoms with E-state index in [0.717, 1.165) is 5.70 Å². The standard InChI is InChI=1S/C13H13N3O2/c1-4-18-13(17)11(7-15)12-10(6-14)8(2)5-9(3)16-12/h5,16H,4H2,1-3H3/b12-11-. The molecule has 1 N–H and O–H groups in total. The molecule has 0 aromatic heterocycles. The Morgan fingerprint density at radius 2 is 2.11 bits per heavy atom. The molecule has 0 aromatic carbocycles. The molecule has 1 aliphatic heterocycles. The van der Waals surface area contributed by atoms with Crippen LogP contribution in [0.25, 0.3) is 0 Å². The molecule has 0 aromatic rings. The van der Waals surface area contributed by atoms with Gasteiger partial charge in [-0.3, -0.25) is 0 Å². The van der Waals surface area contributed by atoms with Gasteiger partial charge in [-0.15, -0.1) is 0 Å². The van der Waals surface area contributed by atoms with Crippen LogP contribution in [-0.2, 0) is 9.53 Å². The van der Waals surface area contributed by atoms with Crippen molar-refractivity contribution in [1.29, 1.82) is 10.5 Å². The van der Waals surface area contributed by atoms with Gasteiger partial charge < -0.3 is 10.1 Å². The molecule has 18 heavy (non-hydrogen) atoms. The van der Waals surface area contributed by atoms with E-state index in [1.54, 1.807) is 32.9 Å². The van der Waals surface area contributed by atoms with Crippen molar-refractivity contribution in [3.8, 4) is 12.1 Å². The van der Waals surface area contributed by atoms with E-state index in [4.69, 9.17) is 15.3 Å². The lowest BCUT2D eigenvalue weighted by Gasteiger charge is -2.18. The number of nitriles is 2. The SMILES string of the molecule is CCOC(=O)/C(C#N)=C1\NC(C)=CC(C)=C1C#N. The first-order valence-corrected chi connectivity index (χ1v) is 5.43. The van der Waals surface area contributed by atoms with Crippen LogP contribution in [0.4, 0.5) is 0 Å². The van der Waals surface area contributed by atoms with Gasteiger partial charge in [0.05, 0.1) is 17.9 Å². The summed E-state index contributed by atoms with van der Waals surface area (Å²) < 4.78 is 4.80. The maximum absolute atomic E-state index is 11.7. The highest BCUT2D eigenvalue weighted by Gasteiger charge is 2.23. The Kier molecular flexibility index (Phi) is 4.28. The summed E-state index contributed by atoms with van der Waals surface area (Å²) in [6, 6.07) is 3.78. The van der Waals surface area contributed by atoms with Crippen LogP contribution in [0.5, 0.6) is 0 Å². The monoisotopic (exact) mass is 243 g/mol. The fourth-order valence-electron chi connectivity index (χ4n) is 1.63. The summed E-state index contributed by atoms with van der Waals surface area (Å²) >= 11 is 0. The smallest absolute Gasteiger partial charge is 0.351 e. The minimum absolute atomic E-state index is 0.177. The molecule has 0 radical (unpaired) electrons. The fraction of sp³-hybridized carbons (Fsp3) is 0.308. The second-order valence-electron chi connectivity index (χ2n) is 3.70. The molecule has 5 heteroatoms. The molecular formula is C13H13N3O2. The van der Waals surface area contributed by atoms with Gasteiger partial charge in [-0.05, 0) is 32.4 Å². The molecule has 0 spiro atoms. The van der Waals surface area contributed by atoms with Gasteiger partial charge in [0, 0.05) is 5.70 Å². The molecule has 0 amide bonds. The van der Waals surface area contributed by atoms with E-state index in [-0.39, 0.29) is 23.5 Å². The average Bonchev–Trinajstić information content (AvgIpc) is 2.29. The molecule has 0 saturated carbocycles. The van der Waals surface area contributed by atoms with Crippen molar-refractivity contribution >= 4 is 5.97 Å². The zero-order chi connectivity index (χ0) is 13.7. The summed E-state index contributed by atoms with van der Waals surface area (Å²) in [5, 5.41) is 21.0. The van der Waals surface area contributed by atoms with Crippen LogP contribution < -0.4 is 5.32 Å². The number of nitrogens with zero attached hydrogens (tertiary/aromatic N) is 2. The molecule has 0 aliphatic carbocycles. The number of carbonyl (C=O) groups is 1. The Labute approximate surface area is 106 Å². The quantitative estimate of drug-likeness (QED) is 0.453. The molecule has 1 rings (SSSR count). The molecule has 1 aliphatic rings. The van der Waals surface area contributed by atoms with E-state index < -0.39 is 5.97 Å². The number of rotatable bonds is 2. The van der Waals surface area contributed by atoms with E-state index in [1.807, 2.05) is 6.07 Å². The molecule has 0 fully saturated rings. The average molecular weight is 243 g/mol. The van der Waals surface area contributed by atoms with Crippen molar-refractivity contribution in [2.75, 3.05) is 6.61 Å². The zero-order valence-electron chi connectivity index (χ0n) is 10.5. The van der Waals surface area contributed by atoms with Crippen molar-refractivity contribution in [1.82, 2.24) is 5.32 Å². The Morgan fingerprint density at radius 3 is 2.61 bits per heavy atom. The number of allylic oxidation sites excluding steroid dienone is 4. The maximum Gasteiger partial charge on any atom is 0.351 e. The summed E-state index contributed by atoms with van der Waals surface area (Å²) in [5.41, 5.74) is 1.79. The number of carbonyl (C=O) groups excluding carboxylic acids is 1. The van der Waals surface area contributed by atoms with Crippen molar-refractivity contribution in [2.24, 2.45) is 0 Å². The number of nitrogens with one attached hydrogen (secondary N) is 1. The molecule has 0 saturated heterocycles. The summed E-state index contributed by atoms with van der Waals surface area (Å²) in [5.74, 6) is -0.724. The van der Waals surface area contributed by atoms with Crippen LogP contribution in [0.2, 0.25) is 0 Å². The number of hydrogen-bond donors (Lipinski definition) is 1. The van der Waals surface area contributed by atoms with E-state index in [2.05, 4.69) is 5.32 Å². The van der Waals surface area contributed by atoms with E-state index in [0.29, 0.717) is 5.57 Å². The normalized spacial score (nSPS) is 17.1. The molecule has 0 unspecified atom stereocenters. The number of hydrogen-bond acceptors (Lipinski definition) is 5. The van der Waals surface area contributed by atoms with Crippen molar-refractivity contribution < 1.29 is 9.53 Å². The highest BCUT2D eigenvalue weighted by molar-refractivity contribution is 5.95. The predicted molar refractivity (Wildman–Crippen MR) is 64.5 cm³/mol. The maximum atomic E-state index is 11.7. The van der Waals surface area contributed by atoms with Crippen molar-refractivity contribution in [3.05, 3.63) is 34.2 Å². The van der Waals surface area contributed by atoms with E-state index >= 15 is 0 Å². The van der Waals surface area contributed by atoms with Crippen LogP contribution >= 0.6 is 0 Å². The van der Waals surface area contributed by atoms with Crippen LogP contribution in [-0.4, -0.2) is 12.6 Å². The Hall–Kier alpha value is -2.53. The molecule has 92 valence electrons. The predicted octanol–water partition coefficient (Wildman–Crippen LogP) is 1.67. The minimum atomic E-state index is -0.724. The number of dihydropyridines is 1. The van der Waals surface area contributed by atoms with Gasteiger partial charge in [0.15, 0.2) is 5.57 Å². The second-order valence-corrected chi connectivity index (χ2v) is 3.70. The first-order chi connectivity index (χ1) is 8.54. The highest BCUT2D eigenvalue weighted by atomic mass is 16.5. The largest absolute Gasteiger partial charge is 0.462 e. The topological polar surface area (TPSA) is 85.9 Å². The van der Waals surface area contributed by atoms with Crippen molar-refractivity contribution in [2.45, 2.75) is 20.8 Å². The first-order valence-electron chi connectivity index (χ1n) is 5.43. The third kappa shape index (κ3) is 2.58. The zero-order valence-corrected chi connectivity index (χ0v) is 10.5. The van der Waals surface area contributed by atoms with Gasteiger partial charge in [0.2, 0.25) is 0 Å². The van der Waals surface area contributed by atoms with Gasteiger partial charge >= 0.3 is 5.97 Å². The molecule has 0 bridgehead atoms. The number of ether oxygens (including phenoxy) is 1. The third-order valence-electron chi connectivity index (χ3n) is 2.35. The first kappa shape index (κ1) is 13.5. The van der Waals surface area contributed by atoms with Gasteiger partial charge in [-0.25, -0.2) is 4.79 Å². The number of esters is 1. The van der Waals surface area contributed by atoms with E-state index in [1.165, 1.54) is 0 Å². The van der Waals surface area contributed by atoms with Gasteiger partial charge in [0.1, 0.15) is 12.1 Å². The molecule has 5 nitrogen and oxygen atoms in total. The Morgan fingerprint density at radius 1 is 1.44 bits per heavy atom. The van der Waals surface area contributed by atoms with Crippen LogP contribution in [0.3, 0.4) is 0 Å². The summed E-state index contributed by atoms with van der Waals surface area (Å²) in [6.45, 7) is 5.38. The Balaban J connectivity index is 3.38. The summed E-state index contributed by atoms with van der Waals surface area (Å²) in [6.07, 6.45) is 1.78. The fourth-order valence-corrected chi connectivity index (χ4v) is 1.63. The van der Waals surface area contributed by atoms with Gasteiger partial charge in [-0.2, -0.15) is 10.5 Å². The van der Waals surface area contributed by atoms with Crippen molar-refractivity contribution in [3.63, 3.8) is 0 Å². The van der Waals surface area contributed by atoms with Gasteiger partial charge in [0.25, 0.3) is 0 Å². The Bertz CT molecular complexity index is 554.